The van der Waals surface area contributed by atoms with Gasteiger partial charge in [-0.05, 0) is 30.5 Å². The summed E-state index contributed by atoms with van der Waals surface area (Å²) in [5.74, 6) is 0. The van der Waals surface area contributed by atoms with Gasteiger partial charge >= 0.3 is 0 Å². The Morgan fingerprint density at radius 1 is 1.10 bits per heavy atom. The van der Waals surface area contributed by atoms with Gasteiger partial charge in [0, 0.05) is 24.0 Å². The zero-order valence-corrected chi connectivity index (χ0v) is 12.9. The lowest BCUT2D eigenvalue weighted by Gasteiger charge is -2.00. The molecule has 0 fully saturated rings. The van der Waals surface area contributed by atoms with E-state index in [9.17, 15) is 0 Å². The van der Waals surface area contributed by atoms with Gasteiger partial charge in [-0.25, -0.2) is 9.97 Å². The molecule has 0 aliphatic carbocycles. The molecule has 0 radical (unpaired) electrons. The number of pyridine rings is 1. The van der Waals surface area contributed by atoms with Crippen molar-refractivity contribution in [1.82, 2.24) is 15.0 Å². The molecule has 0 amide bonds. The van der Waals surface area contributed by atoms with Crippen LogP contribution in [0.2, 0.25) is 0 Å². The monoisotopic (exact) mass is 301 g/mol. The summed E-state index contributed by atoms with van der Waals surface area (Å²) in [6, 6.07) is 4.10. The molecule has 0 unspecified atom stereocenters. The van der Waals surface area contributed by atoms with Crippen molar-refractivity contribution in [3.8, 4) is 20.5 Å². The van der Waals surface area contributed by atoms with Crippen molar-refractivity contribution in [3.05, 3.63) is 41.8 Å². The van der Waals surface area contributed by atoms with Crippen molar-refractivity contribution in [2.75, 3.05) is 0 Å². The van der Waals surface area contributed by atoms with Crippen molar-refractivity contribution in [1.29, 1.82) is 0 Å². The van der Waals surface area contributed by atoms with E-state index < -0.39 is 0 Å². The van der Waals surface area contributed by atoms with E-state index in [0.717, 1.165) is 16.4 Å². The molecule has 0 aliphatic rings. The maximum absolute atomic E-state index is 4.81. The van der Waals surface area contributed by atoms with Crippen LogP contribution in [0.25, 0.3) is 20.5 Å². The minimum atomic E-state index is 1.01. The molecule has 3 heterocycles. The lowest BCUT2D eigenvalue weighted by Crippen LogP contribution is -1.88. The summed E-state index contributed by atoms with van der Waals surface area (Å²) in [7, 11) is 0. The van der Waals surface area contributed by atoms with Gasteiger partial charge in [-0.1, -0.05) is 13.3 Å². The van der Waals surface area contributed by atoms with Gasteiger partial charge in [-0.15, -0.1) is 22.7 Å². The molecule has 3 rings (SSSR count). The summed E-state index contributed by atoms with van der Waals surface area (Å²) in [6.45, 7) is 2.21. The normalized spacial score (nSPS) is 10.8. The molecule has 0 saturated carbocycles. The highest BCUT2D eigenvalue weighted by Gasteiger charge is 2.15. The van der Waals surface area contributed by atoms with Crippen LogP contribution in [0.3, 0.4) is 0 Å². The molecule has 0 aromatic carbocycles. The van der Waals surface area contributed by atoms with Crippen LogP contribution in [-0.4, -0.2) is 15.0 Å². The summed E-state index contributed by atoms with van der Waals surface area (Å²) in [5.41, 5.74) is 2.39. The highest BCUT2D eigenvalue weighted by atomic mass is 32.1. The quantitative estimate of drug-likeness (QED) is 0.687. The summed E-state index contributed by atoms with van der Waals surface area (Å²) >= 11 is 3.37. The van der Waals surface area contributed by atoms with Gasteiger partial charge < -0.3 is 0 Å². The minimum Gasteiger partial charge on any atom is -0.265 e. The average molecular weight is 301 g/mol. The highest BCUT2D eigenvalue weighted by molar-refractivity contribution is 7.22. The Kier molecular flexibility index (Phi) is 4.18. The minimum absolute atomic E-state index is 1.01. The number of aromatic nitrogens is 3. The fourth-order valence-electron chi connectivity index (χ4n) is 2.01. The van der Waals surface area contributed by atoms with Crippen molar-refractivity contribution < 1.29 is 0 Å². The third-order valence-electron chi connectivity index (χ3n) is 3.02. The zero-order valence-electron chi connectivity index (χ0n) is 11.2. The third kappa shape index (κ3) is 2.78. The molecular weight excluding hydrogens is 286 g/mol. The molecule has 3 aromatic rings. The standard InChI is InChI=1S/C15H15N3S2/c1-2-3-4-12-13(11-5-7-16-8-6-11)20-15(18-12)14-17-9-10-19-14/h5-10H,2-4H2,1H3. The smallest absolute Gasteiger partial charge is 0.153 e. The van der Waals surface area contributed by atoms with Gasteiger partial charge in [0.1, 0.15) is 0 Å². The Morgan fingerprint density at radius 3 is 2.65 bits per heavy atom. The summed E-state index contributed by atoms with van der Waals surface area (Å²) in [6.07, 6.45) is 8.87. The van der Waals surface area contributed by atoms with Crippen LogP contribution in [-0.2, 0) is 6.42 Å². The second-order valence-corrected chi connectivity index (χ2v) is 6.37. The number of rotatable bonds is 5. The van der Waals surface area contributed by atoms with E-state index in [-0.39, 0.29) is 0 Å². The third-order valence-corrected chi connectivity index (χ3v) is 5.08. The first-order valence-corrected chi connectivity index (χ1v) is 8.38. The molecule has 0 atom stereocenters. The van der Waals surface area contributed by atoms with E-state index in [0.29, 0.717) is 0 Å². The fraction of sp³-hybridized carbons (Fsp3) is 0.267. The van der Waals surface area contributed by atoms with Crippen LogP contribution in [0.15, 0.2) is 36.1 Å². The second kappa shape index (κ2) is 6.24. The molecule has 3 nitrogen and oxygen atoms in total. The molecule has 0 N–H and O–H groups in total. The van der Waals surface area contributed by atoms with Crippen LogP contribution in [0.5, 0.6) is 0 Å². The van der Waals surface area contributed by atoms with E-state index in [1.165, 1.54) is 29.0 Å². The molecule has 0 bridgehead atoms. The summed E-state index contributed by atoms with van der Waals surface area (Å²) in [4.78, 5) is 14.5. The van der Waals surface area contributed by atoms with E-state index >= 15 is 0 Å². The molecule has 5 heteroatoms. The van der Waals surface area contributed by atoms with Crippen LogP contribution in [0, 0.1) is 0 Å². The van der Waals surface area contributed by atoms with Crippen LogP contribution >= 0.6 is 22.7 Å². The number of unbranched alkanes of at least 4 members (excludes halogenated alkanes) is 1. The van der Waals surface area contributed by atoms with Crippen LogP contribution < -0.4 is 0 Å². The van der Waals surface area contributed by atoms with Crippen molar-refractivity contribution >= 4 is 22.7 Å². The summed E-state index contributed by atoms with van der Waals surface area (Å²) < 4.78 is 0. The second-order valence-electron chi connectivity index (χ2n) is 4.47. The Hall–Kier alpha value is -1.59. The zero-order chi connectivity index (χ0) is 13.8. The first-order valence-electron chi connectivity index (χ1n) is 6.68. The van der Waals surface area contributed by atoms with Gasteiger partial charge in [-0.3, -0.25) is 4.98 Å². The maximum Gasteiger partial charge on any atom is 0.153 e. The molecule has 0 spiro atoms. The van der Waals surface area contributed by atoms with E-state index in [1.54, 1.807) is 22.7 Å². The lowest BCUT2D eigenvalue weighted by molar-refractivity contribution is 0.782. The SMILES string of the molecule is CCCCc1nc(-c2nccs2)sc1-c1ccncc1. The maximum atomic E-state index is 4.81. The van der Waals surface area contributed by atoms with Crippen molar-refractivity contribution in [2.24, 2.45) is 0 Å². The Balaban J connectivity index is 2.02. The summed E-state index contributed by atoms with van der Waals surface area (Å²) in [5, 5.41) is 4.03. The van der Waals surface area contributed by atoms with Gasteiger partial charge in [0.05, 0.1) is 10.6 Å². The topological polar surface area (TPSA) is 38.7 Å². The number of nitrogens with zero attached hydrogens (tertiary/aromatic N) is 3. The Morgan fingerprint density at radius 2 is 1.95 bits per heavy atom. The number of hydrogen-bond donors (Lipinski definition) is 0. The van der Waals surface area contributed by atoms with Crippen molar-refractivity contribution in [2.45, 2.75) is 26.2 Å². The van der Waals surface area contributed by atoms with Gasteiger partial charge in [-0.2, -0.15) is 0 Å². The first kappa shape index (κ1) is 13.4. The molecular formula is C15H15N3S2. The number of thiazole rings is 2. The van der Waals surface area contributed by atoms with Crippen LogP contribution in [0.1, 0.15) is 25.5 Å². The Labute approximate surface area is 126 Å². The number of aryl methyl sites for hydroxylation is 1. The molecule has 20 heavy (non-hydrogen) atoms. The van der Waals surface area contributed by atoms with Crippen molar-refractivity contribution in [3.63, 3.8) is 0 Å². The van der Waals surface area contributed by atoms with Gasteiger partial charge in [0.2, 0.25) is 0 Å². The molecule has 0 aliphatic heterocycles. The van der Waals surface area contributed by atoms with E-state index in [2.05, 4.69) is 29.0 Å². The van der Waals surface area contributed by atoms with E-state index in [1.807, 2.05) is 24.0 Å². The number of hydrogen-bond acceptors (Lipinski definition) is 5. The largest absolute Gasteiger partial charge is 0.265 e. The first-order chi connectivity index (χ1) is 9.88. The predicted octanol–water partition coefficient (Wildman–Crippen LogP) is 4.67. The molecule has 102 valence electrons. The average Bonchev–Trinajstić information content (AvgIpc) is 3.15. The van der Waals surface area contributed by atoms with E-state index in [4.69, 9.17) is 4.98 Å². The molecule has 3 aromatic heterocycles. The predicted molar refractivity (Wildman–Crippen MR) is 85.1 cm³/mol. The lowest BCUT2D eigenvalue weighted by atomic mass is 10.1. The molecule has 0 saturated heterocycles. The van der Waals surface area contributed by atoms with Gasteiger partial charge in [0.25, 0.3) is 0 Å². The fourth-order valence-corrected chi connectivity index (χ4v) is 3.81. The van der Waals surface area contributed by atoms with Gasteiger partial charge in [0.15, 0.2) is 10.0 Å². The Bertz CT molecular complexity index is 660. The highest BCUT2D eigenvalue weighted by Crippen LogP contribution is 2.36. The van der Waals surface area contributed by atoms with Crippen LogP contribution in [0.4, 0.5) is 0 Å².